The van der Waals surface area contributed by atoms with Crippen molar-refractivity contribution in [3.8, 4) is 5.75 Å². The molecular formula is C16H23FN2O2. The number of aryl methyl sites for hydroxylation is 1. The van der Waals surface area contributed by atoms with Gasteiger partial charge in [-0.3, -0.25) is 4.79 Å². The molecule has 1 fully saturated rings. The van der Waals surface area contributed by atoms with Crippen molar-refractivity contribution in [1.82, 2.24) is 5.32 Å². The molecule has 2 atom stereocenters. The molecule has 1 amide bonds. The van der Waals surface area contributed by atoms with Crippen LogP contribution < -0.4 is 15.8 Å². The quantitative estimate of drug-likeness (QED) is 0.875. The Balaban J connectivity index is 2.09. The summed E-state index contributed by atoms with van der Waals surface area (Å²) in [4.78, 5) is 11.8. The monoisotopic (exact) mass is 294 g/mol. The van der Waals surface area contributed by atoms with E-state index in [1.165, 1.54) is 6.07 Å². The third-order valence-corrected chi connectivity index (χ3v) is 4.14. The normalized spacial score (nSPS) is 25.6. The number of nitrogens with two attached hydrogens (primary N) is 1. The summed E-state index contributed by atoms with van der Waals surface area (Å²) in [6.45, 7) is 4.34. The smallest absolute Gasteiger partial charge is 0.237 e. The number of hydrogen-bond donors (Lipinski definition) is 2. The molecule has 116 valence electrons. The number of nitrogens with one attached hydrogen (secondary N) is 1. The van der Waals surface area contributed by atoms with E-state index >= 15 is 0 Å². The topological polar surface area (TPSA) is 64.3 Å². The summed E-state index contributed by atoms with van der Waals surface area (Å²) < 4.78 is 19.4. The Morgan fingerprint density at radius 3 is 2.95 bits per heavy atom. The van der Waals surface area contributed by atoms with Gasteiger partial charge in [-0.1, -0.05) is 13.0 Å². The van der Waals surface area contributed by atoms with E-state index in [0.29, 0.717) is 24.3 Å². The lowest BCUT2D eigenvalue weighted by molar-refractivity contribution is -0.127. The van der Waals surface area contributed by atoms with Gasteiger partial charge in [0.15, 0.2) is 0 Å². The van der Waals surface area contributed by atoms with Gasteiger partial charge in [-0.2, -0.15) is 0 Å². The molecule has 0 spiro atoms. The number of halogens is 1. The Hall–Kier alpha value is -1.62. The standard InChI is InChI=1S/C16H23FN2O2/c1-3-19-16(15(18)20)8-4-5-13(10-16)21-12-7-6-11(2)14(17)9-12/h6-7,9,13,19H,3-5,8,10H2,1-2H3,(H2,18,20). The minimum atomic E-state index is -0.707. The zero-order valence-corrected chi connectivity index (χ0v) is 12.6. The van der Waals surface area contributed by atoms with Gasteiger partial charge < -0.3 is 15.8 Å². The van der Waals surface area contributed by atoms with Crippen LogP contribution in [0.25, 0.3) is 0 Å². The van der Waals surface area contributed by atoms with Crippen LogP contribution in [0.2, 0.25) is 0 Å². The molecule has 4 nitrogen and oxygen atoms in total. The molecule has 0 bridgehead atoms. The fourth-order valence-corrected chi connectivity index (χ4v) is 2.97. The first-order chi connectivity index (χ1) is 9.97. The molecule has 0 aliphatic heterocycles. The van der Waals surface area contributed by atoms with Crippen molar-refractivity contribution >= 4 is 5.91 Å². The van der Waals surface area contributed by atoms with Gasteiger partial charge in [0.1, 0.15) is 23.2 Å². The van der Waals surface area contributed by atoms with Gasteiger partial charge in [0, 0.05) is 12.5 Å². The highest BCUT2D eigenvalue weighted by atomic mass is 19.1. The average molecular weight is 294 g/mol. The first-order valence-corrected chi connectivity index (χ1v) is 7.44. The highest BCUT2D eigenvalue weighted by Gasteiger charge is 2.41. The summed E-state index contributed by atoms with van der Waals surface area (Å²) in [5, 5.41) is 3.21. The van der Waals surface area contributed by atoms with Crippen LogP contribution in [-0.4, -0.2) is 24.1 Å². The molecule has 0 radical (unpaired) electrons. The van der Waals surface area contributed by atoms with E-state index in [9.17, 15) is 9.18 Å². The van der Waals surface area contributed by atoms with Crippen LogP contribution in [0.3, 0.4) is 0 Å². The van der Waals surface area contributed by atoms with Crippen molar-refractivity contribution in [3.63, 3.8) is 0 Å². The summed E-state index contributed by atoms with van der Waals surface area (Å²) in [5.41, 5.74) is 5.45. The van der Waals surface area contributed by atoms with Gasteiger partial charge in [-0.15, -0.1) is 0 Å². The Morgan fingerprint density at radius 1 is 1.57 bits per heavy atom. The van der Waals surface area contributed by atoms with Crippen molar-refractivity contribution in [2.24, 2.45) is 5.73 Å². The number of carbonyl (C=O) groups is 1. The largest absolute Gasteiger partial charge is 0.490 e. The Morgan fingerprint density at radius 2 is 2.33 bits per heavy atom. The summed E-state index contributed by atoms with van der Waals surface area (Å²) in [7, 11) is 0. The fourth-order valence-electron chi connectivity index (χ4n) is 2.97. The zero-order chi connectivity index (χ0) is 15.5. The van der Waals surface area contributed by atoms with E-state index < -0.39 is 5.54 Å². The molecule has 1 aliphatic carbocycles. The van der Waals surface area contributed by atoms with Crippen LogP contribution >= 0.6 is 0 Å². The molecule has 1 aromatic rings. The Kier molecular flexibility index (Phi) is 4.83. The van der Waals surface area contributed by atoms with E-state index in [1.54, 1.807) is 19.1 Å². The number of benzene rings is 1. The van der Waals surface area contributed by atoms with Crippen molar-refractivity contribution < 1.29 is 13.9 Å². The lowest BCUT2D eigenvalue weighted by Crippen LogP contribution is -2.59. The maximum absolute atomic E-state index is 13.6. The van der Waals surface area contributed by atoms with Gasteiger partial charge in [0.25, 0.3) is 0 Å². The van der Waals surface area contributed by atoms with E-state index in [2.05, 4.69) is 5.32 Å². The van der Waals surface area contributed by atoms with Gasteiger partial charge in [-0.25, -0.2) is 4.39 Å². The maximum atomic E-state index is 13.6. The molecule has 2 rings (SSSR count). The molecule has 21 heavy (non-hydrogen) atoms. The van der Waals surface area contributed by atoms with Crippen molar-refractivity contribution in [2.75, 3.05) is 6.54 Å². The lowest BCUT2D eigenvalue weighted by atomic mass is 9.79. The second-order valence-corrected chi connectivity index (χ2v) is 5.72. The van der Waals surface area contributed by atoms with E-state index in [1.807, 2.05) is 6.92 Å². The highest BCUT2D eigenvalue weighted by Crippen LogP contribution is 2.31. The second kappa shape index (κ2) is 6.43. The van der Waals surface area contributed by atoms with Gasteiger partial charge in [0.2, 0.25) is 5.91 Å². The van der Waals surface area contributed by atoms with Gasteiger partial charge in [-0.05, 0) is 44.4 Å². The number of carbonyl (C=O) groups excluding carboxylic acids is 1. The highest BCUT2D eigenvalue weighted by molar-refractivity contribution is 5.84. The first-order valence-electron chi connectivity index (χ1n) is 7.44. The molecule has 1 aliphatic rings. The SMILES string of the molecule is CCNC1(C(N)=O)CCCC(Oc2ccc(C)c(F)c2)C1. The summed E-state index contributed by atoms with van der Waals surface area (Å²) in [5.74, 6) is -0.122. The minimum absolute atomic E-state index is 0.132. The van der Waals surface area contributed by atoms with Crippen molar-refractivity contribution in [2.45, 2.75) is 51.2 Å². The van der Waals surface area contributed by atoms with Crippen LogP contribution in [0.15, 0.2) is 18.2 Å². The van der Waals surface area contributed by atoms with Gasteiger partial charge in [0.05, 0.1) is 0 Å². The lowest BCUT2D eigenvalue weighted by Gasteiger charge is -2.39. The van der Waals surface area contributed by atoms with Crippen LogP contribution in [0, 0.1) is 12.7 Å². The summed E-state index contributed by atoms with van der Waals surface area (Å²) in [6.07, 6.45) is 2.81. The molecule has 0 heterocycles. The van der Waals surface area contributed by atoms with Crippen molar-refractivity contribution in [3.05, 3.63) is 29.6 Å². The number of likely N-dealkylation sites (N-methyl/N-ethyl adjacent to an activating group) is 1. The number of hydrogen-bond acceptors (Lipinski definition) is 3. The summed E-state index contributed by atoms with van der Waals surface area (Å²) in [6, 6.07) is 4.84. The fraction of sp³-hybridized carbons (Fsp3) is 0.562. The molecule has 1 aromatic carbocycles. The molecule has 5 heteroatoms. The predicted molar refractivity (Wildman–Crippen MR) is 79.6 cm³/mol. The number of amides is 1. The van der Waals surface area contributed by atoms with Crippen LogP contribution in [0.5, 0.6) is 5.75 Å². The van der Waals surface area contributed by atoms with E-state index in [-0.39, 0.29) is 17.8 Å². The molecule has 3 N–H and O–H groups in total. The minimum Gasteiger partial charge on any atom is -0.490 e. The summed E-state index contributed by atoms with van der Waals surface area (Å²) >= 11 is 0. The number of rotatable bonds is 5. The number of primary amides is 1. The maximum Gasteiger partial charge on any atom is 0.237 e. The third-order valence-electron chi connectivity index (χ3n) is 4.14. The van der Waals surface area contributed by atoms with Gasteiger partial charge >= 0.3 is 0 Å². The molecule has 1 saturated carbocycles. The Labute approximate surface area is 124 Å². The van der Waals surface area contributed by atoms with Crippen LogP contribution in [0.1, 0.15) is 38.2 Å². The van der Waals surface area contributed by atoms with Crippen LogP contribution in [-0.2, 0) is 4.79 Å². The van der Waals surface area contributed by atoms with E-state index in [4.69, 9.17) is 10.5 Å². The molecule has 0 aromatic heterocycles. The predicted octanol–water partition coefficient (Wildman–Crippen LogP) is 2.29. The molecular weight excluding hydrogens is 271 g/mol. The first kappa shape index (κ1) is 15.8. The number of ether oxygens (including phenoxy) is 1. The van der Waals surface area contributed by atoms with Crippen molar-refractivity contribution in [1.29, 1.82) is 0 Å². The van der Waals surface area contributed by atoms with E-state index in [0.717, 1.165) is 19.3 Å². The molecule has 0 saturated heterocycles. The average Bonchev–Trinajstić information content (AvgIpc) is 2.43. The third kappa shape index (κ3) is 3.53. The second-order valence-electron chi connectivity index (χ2n) is 5.72. The Bertz CT molecular complexity index is 517. The zero-order valence-electron chi connectivity index (χ0n) is 12.6. The molecule has 2 unspecified atom stereocenters. The van der Waals surface area contributed by atoms with Crippen LogP contribution in [0.4, 0.5) is 4.39 Å².